The minimum absolute atomic E-state index is 0.106. The molecule has 1 aliphatic heterocycles. The molecule has 2 amide bonds. The third-order valence-electron chi connectivity index (χ3n) is 5.06. The summed E-state index contributed by atoms with van der Waals surface area (Å²) in [5.74, 6) is 1.01. The molecule has 0 aromatic heterocycles. The van der Waals surface area contributed by atoms with Crippen LogP contribution in [0.1, 0.15) is 38.5 Å². The standard InChI is InChI=1S/C18H33N5O3/c1-19-18(21-12-16(24)20-9-11-26-2)22-15-8-10-23(13-15)17(25)14-6-4-3-5-7-14/h14-15H,3-13H2,1-2H3,(H,20,24)(H2,19,21,22). The van der Waals surface area contributed by atoms with E-state index in [1.54, 1.807) is 14.2 Å². The summed E-state index contributed by atoms with van der Waals surface area (Å²) in [5, 5.41) is 9.08. The van der Waals surface area contributed by atoms with Crippen molar-refractivity contribution in [1.29, 1.82) is 0 Å². The van der Waals surface area contributed by atoms with E-state index in [1.807, 2.05) is 4.90 Å². The molecule has 0 bridgehead atoms. The molecule has 3 N–H and O–H groups in total. The van der Waals surface area contributed by atoms with Gasteiger partial charge < -0.3 is 25.6 Å². The van der Waals surface area contributed by atoms with E-state index in [1.165, 1.54) is 19.3 Å². The van der Waals surface area contributed by atoms with Gasteiger partial charge in [-0.1, -0.05) is 19.3 Å². The van der Waals surface area contributed by atoms with Gasteiger partial charge in [-0.2, -0.15) is 0 Å². The number of aliphatic imine (C=N–C) groups is 1. The van der Waals surface area contributed by atoms with E-state index in [4.69, 9.17) is 4.74 Å². The van der Waals surface area contributed by atoms with Gasteiger partial charge in [0, 0.05) is 45.8 Å². The zero-order valence-electron chi connectivity index (χ0n) is 16.1. The fraction of sp³-hybridized carbons (Fsp3) is 0.833. The largest absolute Gasteiger partial charge is 0.383 e. The number of nitrogens with zero attached hydrogens (tertiary/aromatic N) is 2. The van der Waals surface area contributed by atoms with Crippen molar-refractivity contribution in [1.82, 2.24) is 20.9 Å². The molecule has 1 heterocycles. The number of nitrogens with one attached hydrogen (secondary N) is 3. The molecule has 26 heavy (non-hydrogen) atoms. The molecule has 2 fully saturated rings. The van der Waals surface area contributed by atoms with E-state index in [2.05, 4.69) is 20.9 Å². The summed E-state index contributed by atoms with van der Waals surface area (Å²) in [4.78, 5) is 30.5. The van der Waals surface area contributed by atoms with Crippen molar-refractivity contribution in [2.45, 2.75) is 44.6 Å². The van der Waals surface area contributed by atoms with Crippen LogP contribution in [0.2, 0.25) is 0 Å². The molecule has 8 nitrogen and oxygen atoms in total. The van der Waals surface area contributed by atoms with Crippen molar-refractivity contribution in [3.63, 3.8) is 0 Å². The lowest BCUT2D eigenvalue weighted by atomic mass is 9.88. The van der Waals surface area contributed by atoms with Gasteiger partial charge in [-0.25, -0.2) is 0 Å². The summed E-state index contributed by atoms with van der Waals surface area (Å²) in [7, 11) is 3.28. The number of amides is 2. The van der Waals surface area contributed by atoms with Crippen LogP contribution in [0.3, 0.4) is 0 Å². The fourth-order valence-corrected chi connectivity index (χ4v) is 3.59. The lowest BCUT2D eigenvalue weighted by molar-refractivity contribution is -0.135. The van der Waals surface area contributed by atoms with Crippen LogP contribution in [0, 0.1) is 5.92 Å². The van der Waals surface area contributed by atoms with Gasteiger partial charge in [0.25, 0.3) is 0 Å². The summed E-state index contributed by atoms with van der Waals surface area (Å²) < 4.78 is 4.90. The summed E-state index contributed by atoms with van der Waals surface area (Å²) in [5.41, 5.74) is 0. The van der Waals surface area contributed by atoms with Gasteiger partial charge in [0.2, 0.25) is 11.8 Å². The molecular formula is C18H33N5O3. The van der Waals surface area contributed by atoms with Gasteiger partial charge in [0.05, 0.1) is 13.2 Å². The van der Waals surface area contributed by atoms with E-state index in [0.717, 1.165) is 25.8 Å². The number of likely N-dealkylation sites (tertiary alicyclic amines) is 1. The smallest absolute Gasteiger partial charge is 0.239 e. The van der Waals surface area contributed by atoms with Crippen molar-refractivity contribution in [3.8, 4) is 0 Å². The van der Waals surface area contributed by atoms with Crippen molar-refractivity contribution < 1.29 is 14.3 Å². The van der Waals surface area contributed by atoms with Crippen LogP contribution in [0.5, 0.6) is 0 Å². The second-order valence-electron chi connectivity index (χ2n) is 7.02. The molecule has 1 aliphatic carbocycles. The molecule has 1 saturated carbocycles. The highest BCUT2D eigenvalue weighted by molar-refractivity contribution is 5.86. The first-order valence-electron chi connectivity index (χ1n) is 9.65. The van der Waals surface area contributed by atoms with E-state index in [9.17, 15) is 9.59 Å². The second-order valence-corrected chi connectivity index (χ2v) is 7.02. The second kappa shape index (κ2) is 11.0. The van der Waals surface area contributed by atoms with Gasteiger partial charge in [-0.15, -0.1) is 0 Å². The Balaban J connectivity index is 1.70. The van der Waals surface area contributed by atoms with E-state index in [0.29, 0.717) is 31.6 Å². The van der Waals surface area contributed by atoms with Crippen molar-refractivity contribution >= 4 is 17.8 Å². The normalized spacial score (nSPS) is 21.5. The van der Waals surface area contributed by atoms with Crippen LogP contribution in [-0.2, 0) is 14.3 Å². The lowest BCUT2D eigenvalue weighted by Gasteiger charge is -2.26. The number of carbonyl (C=O) groups is 2. The summed E-state index contributed by atoms with van der Waals surface area (Å²) in [6.45, 7) is 2.63. The summed E-state index contributed by atoms with van der Waals surface area (Å²) in [6, 6.07) is 0.172. The predicted molar refractivity (Wildman–Crippen MR) is 101 cm³/mol. The Morgan fingerprint density at radius 1 is 1.15 bits per heavy atom. The number of hydrogen-bond donors (Lipinski definition) is 3. The van der Waals surface area contributed by atoms with Gasteiger partial charge in [-0.3, -0.25) is 14.6 Å². The number of methoxy groups -OCH3 is 1. The van der Waals surface area contributed by atoms with Crippen molar-refractivity contribution in [3.05, 3.63) is 0 Å². The highest BCUT2D eigenvalue weighted by Crippen LogP contribution is 2.26. The molecule has 1 unspecified atom stereocenters. The molecule has 0 aromatic carbocycles. The third kappa shape index (κ3) is 6.48. The zero-order valence-corrected chi connectivity index (χ0v) is 16.1. The SMILES string of the molecule is CN=C(NCC(=O)NCCOC)NC1CCN(C(=O)C2CCCCC2)C1. The monoisotopic (exact) mass is 367 g/mol. The van der Waals surface area contributed by atoms with Crippen LogP contribution in [0.25, 0.3) is 0 Å². The van der Waals surface area contributed by atoms with Crippen LogP contribution >= 0.6 is 0 Å². The van der Waals surface area contributed by atoms with Gasteiger partial charge in [-0.05, 0) is 19.3 Å². The predicted octanol–water partition coefficient (Wildman–Crippen LogP) is 0.0952. The lowest BCUT2D eigenvalue weighted by Crippen LogP contribution is -2.48. The van der Waals surface area contributed by atoms with Crippen molar-refractivity contribution in [2.75, 3.05) is 46.9 Å². The highest BCUT2D eigenvalue weighted by atomic mass is 16.5. The number of hydrogen-bond acceptors (Lipinski definition) is 4. The maximum atomic E-state index is 12.6. The number of carbonyl (C=O) groups excluding carboxylic acids is 2. The van der Waals surface area contributed by atoms with E-state index in [-0.39, 0.29) is 24.4 Å². The molecule has 8 heteroatoms. The number of ether oxygens (including phenoxy) is 1. The average molecular weight is 367 g/mol. The number of guanidine groups is 1. The maximum Gasteiger partial charge on any atom is 0.239 e. The third-order valence-corrected chi connectivity index (χ3v) is 5.06. The maximum absolute atomic E-state index is 12.6. The fourth-order valence-electron chi connectivity index (χ4n) is 3.59. The Kier molecular flexibility index (Phi) is 8.67. The van der Waals surface area contributed by atoms with Crippen molar-refractivity contribution in [2.24, 2.45) is 10.9 Å². The first-order valence-corrected chi connectivity index (χ1v) is 9.65. The highest BCUT2D eigenvalue weighted by Gasteiger charge is 2.31. The molecule has 0 radical (unpaired) electrons. The van der Waals surface area contributed by atoms with Crippen LogP contribution < -0.4 is 16.0 Å². The zero-order chi connectivity index (χ0) is 18.8. The molecular weight excluding hydrogens is 334 g/mol. The van der Waals surface area contributed by atoms with Crippen LogP contribution in [0.4, 0.5) is 0 Å². The van der Waals surface area contributed by atoms with Gasteiger partial charge >= 0.3 is 0 Å². The molecule has 2 aliphatic rings. The molecule has 2 rings (SSSR count). The summed E-state index contributed by atoms with van der Waals surface area (Å²) >= 11 is 0. The first kappa shape index (κ1) is 20.5. The van der Waals surface area contributed by atoms with E-state index < -0.39 is 0 Å². The summed E-state index contributed by atoms with van der Waals surface area (Å²) in [6.07, 6.45) is 6.59. The Morgan fingerprint density at radius 3 is 2.62 bits per heavy atom. The molecule has 1 saturated heterocycles. The van der Waals surface area contributed by atoms with Gasteiger partial charge in [0.15, 0.2) is 5.96 Å². The van der Waals surface area contributed by atoms with E-state index >= 15 is 0 Å². The minimum Gasteiger partial charge on any atom is -0.383 e. The quantitative estimate of drug-likeness (QED) is 0.337. The van der Waals surface area contributed by atoms with Crippen LogP contribution in [-0.4, -0.2) is 75.7 Å². The topological polar surface area (TPSA) is 95.1 Å². The molecule has 1 atom stereocenters. The first-order chi connectivity index (χ1) is 12.6. The Labute approximate surface area is 156 Å². The molecule has 148 valence electrons. The van der Waals surface area contributed by atoms with Crippen LogP contribution in [0.15, 0.2) is 4.99 Å². The Morgan fingerprint density at radius 2 is 1.92 bits per heavy atom. The van der Waals surface area contributed by atoms with Gasteiger partial charge in [0.1, 0.15) is 0 Å². The number of rotatable bonds is 7. The average Bonchev–Trinajstić information content (AvgIpc) is 3.14. The Hall–Kier alpha value is -1.83. The minimum atomic E-state index is -0.106. The molecule has 0 spiro atoms. The molecule has 0 aromatic rings. The Bertz CT molecular complexity index is 491.